The highest BCUT2D eigenvalue weighted by Gasteiger charge is 2.17. The van der Waals surface area contributed by atoms with Gasteiger partial charge < -0.3 is 10.6 Å². The van der Waals surface area contributed by atoms with E-state index in [0.717, 1.165) is 13.0 Å². The van der Waals surface area contributed by atoms with E-state index in [1.165, 1.54) is 23.2 Å². The normalized spacial score (nSPS) is 17.5. The summed E-state index contributed by atoms with van der Waals surface area (Å²) in [6.45, 7) is 3.68. The molecule has 2 atom stereocenters. The average molecular weight is 257 g/mol. The highest BCUT2D eigenvalue weighted by atomic mass is 15.1. The Morgan fingerprint density at radius 1 is 1.53 bits per heavy atom. The lowest BCUT2D eigenvalue weighted by molar-refractivity contribution is 0.517. The Labute approximate surface area is 116 Å². The van der Waals surface area contributed by atoms with Gasteiger partial charge in [0.2, 0.25) is 0 Å². The summed E-state index contributed by atoms with van der Waals surface area (Å²) in [5.74, 6) is 2.69. The molecule has 1 aromatic carbocycles. The Bertz CT molecular complexity index is 475. The lowest BCUT2D eigenvalue weighted by Gasteiger charge is -2.29. The van der Waals surface area contributed by atoms with Crippen LogP contribution in [0.25, 0.3) is 0 Å². The second kappa shape index (κ2) is 6.10. The standard InChI is InChI=1S/C16H23N3/c1-4-12(2)18-15(11-17)13-7-8-16-14(10-13)6-5-9-19(16)3/h1,7-8,10,12,15,18H,5-6,9,11,17H2,2-3H3. The first kappa shape index (κ1) is 13.9. The lowest BCUT2D eigenvalue weighted by Crippen LogP contribution is -2.34. The van der Waals surface area contributed by atoms with Crippen molar-refractivity contribution in [2.75, 3.05) is 25.0 Å². The average Bonchev–Trinajstić information content (AvgIpc) is 2.44. The fourth-order valence-electron chi connectivity index (χ4n) is 2.67. The highest BCUT2D eigenvalue weighted by Crippen LogP contribution is 2.28. The van der Waals surface area contributed by atoms with Crippen LogP contribution in [0.3, 0.4) is 0 Å². The quantitative estimate of drug-likeness (QED) is 0.806. The van der Waals surface area contributed by atoms with Gasteiger partial charge in [0.05, 0.1) is 6.04 Å². The van der Waals surface area contributed by atoms with Crippen molar-refractivity contribution in [2.24, 2.45) is 5.73 Å². The number of hydrogen-bond donors (Lipinski definition) is 2. The van der Waals surface area contributed by atoms with Gasteiger partial charge in [0.15, 0.2) is 0 Å². The molecule has 0 bridgehead atoms. The minimum absolute atomic E-state index is 0.0345. The number of anilines is 1. The van der Waals surface area contributed by atoms with Gasteiger partial charge in [0.25, 0.3) is 0 Å². The largest absolute Gasteiger partial charge is 0.374 e. The monoisotopic (exact) mass is 257 g/mol. The summed E-state index contributed by atoms with van der Waals surface area (Å²) < 4.78 is 0. The third-order valence-corrected chi connectivity index (χ3v) is 3.79. The summed E-state index contributed by atoms with van der Waals surface area (Å²) in [7, 11) is 2.15. The van der Waals surface area contributed by atoms with Gasteiger partial charge in [-0.15, -0.1) is 6.42 Å². The molecule has 0 spiro atoms. The van der Waals surface area contributed by atoms with Crippen molar-refractivity contribution in [1.29, 1.82) is 0 Å². The lowest BCUT2D eigenvalue weighted by atomic mass is 9.96. The molecule has 0 amide bonds. The molecule has 0 aromatic heterocycles. The molecule has 1 heterocycles. The van der Waals surface area contributed by atoms with Crippen LogP contribution in [0.5, 0.6) is 0 Å². The zero-order valence-corrected chi connectivity index (χ0v) is 11.8. The summed E-state index contributed by atoms with van der Waals surface area (Å²) >= 11 is 0. The van der Waals surface area contributed by atoms with E-state index in [4.69, 9.17) is 12.2 Å². The Hall–Kier alpha value is -1.50. The Morgan fingerprint density at radius 2 is 2.32 bits per heavy atom. The van der Waals surface area contributed by atoms with Crippen molar-refractivity contribution >= 4 is 5.69 Å². The molecule has 0 aliphatic carbocycles. The zero-order valence-electron chi connectivity index (χ0n) is 11.8. The van der Waals surface area contributed by atoms with E-state index in [1.807, 2.05) is 6.92 Å². The van der Waals surface area contributed by atoms with Crippen LogP contribution in [0.4, 0.5) is 5.69 Å². The second-order valence-electron chi connectivity index (χ2n) is 5.26. The smallest absolute Gasteiger partial charge is 0.0663 e. The third kappa shape index (κ3) is 3.09. The number of fused-ring (bicyclic) bond motifs is 1. The Morgan fingerprint density at radius 3 is 3.00 bits per heavy atom. The summed E-state index contributed by atoms with van der Waals surface area (Å²) in [6.07, 6.45) is 7.79. The molecule has 1 aromatic rings. The number of hydrogen-bond acceptors (Lipinski definition) is 3. The van der Waals surface area contributed by atoms with Gasteiger partial charge in [0, 0.05) is 31.9 Å². The molecule has 1 aliphatic rings. The number of terminal acetylenes is 1. The van der Waals surface area contributed by atoms with E-state index in [2.05, 4.69) is 41.4 Å². The van der Waals surface area contributed by atoms with Crippen LogP contribution in [0, 0.1) is 12.3 Å². The summed E-state index contributed by atoms with van der Waals surface area (Å²) in [4.78, 5) is 2.32. The Balaban J connectivity index is 2.23. The first-order chi connectivity index (χ1) is 9.15. The van der Waals surface area contributed by atoms with Crippen LogP contribution < -0.4 is 16.0 Å². The molecule has 3 heteroatoms. The van der Waals surface area contributed by atoms with Gasteiger partial charge in [-0.05, 0) is 37.0 Å². The van der Waals surface area contributed by atoms with Crippen molar-refractivity contribution in [3.8, 4) is 12.3 Å². The molecule has 102 valence electrons. The van der Waals surface area contributed by atoms with Gasteiger partial charge in [-0.2, -0.15) is 0 Å². The number of nitrogens with two attached hydrogens (primary N) is 1. The Kier molecular flexibility index (Phi) is 4.47. The van der Waals surface area contributed by atoms with Crippen LogP contribution in [0.15, 0.2) is 18.2 Å². The van der Waals surface area contributed by atoms with E-state index in [1.54, 1.807) is 0 Å². The summed E-state index contributed by atoms with van der Waals surface area (Å²) in [6, 6.07) is 6.80. The number of benzene rings is 1. The molecule has 3 nitrogen and oxygen atoms in total. The number of aryl methyl sites for hydroxylation is 1. The molecule has 0 saturated heterocycles. The molecule has 19 heavy (non-hydrogen) atoms. The maximum Gasteiger partial charge on any atom is 0.0663 e. The van der Waals surface area contributed by atoms with Crippen LogP contribution in [0.1, 0.15) is 30.5 Å². The van der Waals surface area contributed by atoms with Gasteiger partial charge >= 0.3 is 0 Å². The fraction of sp³-hybridized carbons (Fsp3) is 0.500. The first-order valence-corrected chi connectivity index (χ1v) is 6.92. The molecule has 2 unspecified atom stereocenters. The molecular weight excluding hydrogens is 234 g/mol. The summed E-state index contributed by atoms with van der Waals surface area (Å²) in [5, 5.41) is 3.38. The highest BCUT2D eigenvalue weighted by molar-refractivity contribution is 5.56. The van der Waals surface area contributed by atoms with Gasteiger partial charge in [0.1, 0.15) is 0 Å². The van der Waals surface area contributed by atoms with E-state index in [9.17, 15) is 0 Å². The second-order valence-corrected chi connectivity index (χ2v) is 5.26. The predicted molar refractivity (Wildman–Crippen MR) is 81.3 cm³/mol. The van der Waals surface area contributed by atoms with E-state index < -0.39 is 0 Å². The van der Waals surface area contributed by atoms with Crippen LogP contribution in [0.2, 0.25) is 0 Å². The van der Waals surface area contributed by atoms with Crippen LogP contribution in [-0.4, -0.2) is 26.2 Å². The molecule has 3 N–H and O–H groups in total. The van der Waals surface area contributed by atoms with Crippen LogP contribution in [-0.2, 0) is 6.42 Å². The van der Waals surface area contributed by atoms with Crippen molar-refractivity contribution in [1.82, 2.24) is 5.32 Å². The van der Waals surface area contributed by atoms with Crippen molar-refractivity contribution in [3.63, 3.8) is 0 Å². The maximum atomic E-state index is 5.87. The molecule has 0 saturated carbocycles. The zero-order chi connectivity index (χ0) is 13.8. The van der Waals surface area contributed by atoms with Gasteiger partial charge in [-0.25, -0.2) is 0 Å². The summed E-state index contributed by atoms with van der Waals surface area (Å²) in [5.41, 5.74) is 9.86. The number of nitrogens with one attached hydrogen (secondary N) is 1. The van der Waals surface area contributed by atoms with E-state index in [-0.39, 0.29) is 12.1 Å². The molecular formula is C16H23N3. The first-order valence-electron chi connectivity index (χ1n) is 6.92. The van der Waals surface area contributed by atoms with Crippen molar-refractivity contribution in [2.45, 2.75) is 31.8 Å². The third-order valence-electron chi connectivity index (χ3n) is 3.79. The predicted octanol–water partition coefficient (Wildman–Crippen LogP) is 1.68. The number of nitrogens with zero attached hydrogens (tertiary/aromatic N) is 1. The maximum absolute atomic E-state index is 5.87. The van der Waals surface area contributed by atoms with E-state index in [0.29, 0.717) is 6.54 Å². The molecule has 0 radical (unpaired) electrons. The molecule has 1 aliphatic heterocycles. The molecule has 0 fully saturated rings. The van der Waals surface area contributed by atoms with Crippen LogP contribution >= 0.6 is 0 Å². The van der Waals surface area contributed by atoms with Crippen molar-refractivity contribution in [3.05, 3.63) is 29.3 Å². The fourth-order valence-corrected chi connectivity index (χ4v) is 2.67. The van der Waals surface area contributed by atoms with Gasteiger partial charge in [-0.1, -0.05) is 18.1 Å². The molecule has 2 rings (SSSR count). The van der Waals surface area contributed by atoms with Gasteiger partial charge in [-0.3, -0.25) is 5.32 Å². The topological polar surface area (TPSA) is 41.3 Å². The minimum Gasteiger partial charge on any atom is -0.374 e. The van der Waals surface area contributed by atoms with E-state index >= 15 is 0 Å². The minimum atomic E-state index is 0.0345. The SMILES string of the molecule is C#CC(C)NC(CN)c1ccc2c(c1)CCCN2C. The number of rotatable bonds is 4. The van der Waals surface area contributed by atoms with Crippen molar-refractivity contribution < 1.29 is 0 Å².